The van der Waals surface area contributed by atoms with Crippen LogP contribution in [0.15, 0.2) is 40.9 Å². The van der Waals surface area contributed by atoms with Gasteiger partial charge in [-0.1, -0.05) is 17.4 Å². The van der Waals surface area contributed by atoms with Crippen molar-refractivity contribution >= 4 is 48.3 Å². The standard InChI is InChI=1S/C15H10BrN3S/c1-9-2-5-14-13(6-9)19-15(20-14)18-12-4-3-10(8-17)7-11(12)16/h2-7H,1H3,(H,18,19). The molecule has 0 saturated heterocycles. The number of halogens is 1. The Hall–Kier alpha value is -1.90. The van der Waals surface area contributed by atoms with E-state index in [0.29, 0.717) is 5.56 Å². The third kappa shape index (κ3) is 2.53. The van der Waals surface area contributed by atoms with Crippen molar-refractivity contribution in [3.05, 3.63) is 52.0 Å². The van der Waals surface area contributed by atoms with Gasteiger partial charge in [0.05, 0.1) is 27.5 Å². The summed E-state index contributed by atoms with van der Waals surface area (Å²) in [7, 11) is 0. The number of aryl methyl sites for hydroxylation is 1. The van der Waals surface area contributed by atoms with E-state index in [0.717, 1.165) is 25.5 Å². The summed E-state index contributed by atoms with van der Waals surface area (Å²) in [5.41, 5.74) is 3.73. The highest BCUT2D eigenvalue weighted by atomic mass is 79.9. The van der Waals surface area contributed by atoms with E-state index in [2.05, 4.69) is 57.4 Å². The van der Waals surface area contributed by atoms with Gasteiger partial charge in [-0.3, -0.25) is 0 Å². The average Bonchev–Trinajstić information content (AvgIpc) is 2.82. The van der Waals surface area contributed by atoms with Gasteiger partial charge in [0, 0.05) is 4.47 Å². The molecule has 1 heterocycles. The first kappa shape index (κ1) is 13.1. The summed E-state index contributed by atoms with van der Waals surface area (Å²) in [5.74, 6) is 0. The van der Waals surface area contributed by atoms with Crippen molar-refractivity contribution in [2.75, 3.05) is 5.32 Å². The lowest BCUT2D eigenvalue weighted by atomic mass is 10.2. The van der Waals surface area contributed by atoms with Gasteiger partial charge in [-0.2, -0.15) is 5.26 Å². The first-order valence-electron chi connectivity index (χ1n) is 5.99. The molecule has 0 aliphatic carbocycles. The molecule has 0 aliphatic heterocycles. The Morgan fingerprint density at radius 2 is 2.10 bits per heavy atom. The second kappa shape index (κ2) is 5.23. The molecule has 0 amide bonds. The van der Waals surface area contributed by atoms with Crippen molar-refractivity contribution in [3.63, 3.8) is 0 Å². The Balaban J connectivity index is 1.95. The third-order valence-electron chi connectivity index (χ3n) is 2.88. The summed E-state index contributed by atoms with van der Waals surface area (Å²) >= 11 is 5.08. The van der Waals surface area contributed by atoms with Crippen LogP contribution in [-0.2, 0) is 0 Å². The molecule has 0 spiro atoms. The Morgan fingerprint density at radius 1 is 1.25 bits per heavy atom. The van der Waals surface area contributed by atoms with Crippen LogP contribution >= 0.6 is 27.3 Å². The molecule has 0 radical (unpaired) electrons. The number of nitriles is 1. The molecular weight excluding hydrogens is 334 g/mol. The van der Waals surface area contributed by atoms with Gasteiger partial charge in [-0.15, -0.1) is 0 Å². The highest BCUT2D eigenvalue weighted by molar-refractivity contribution is 9.10. The van der Waals surface area contributed by atoms with Crippen molar-refractivity contribution in [2.24, 2.45) is 0 Å². The van der Waals surface area contributed by atoms with Crippen LogP contribution in [0.25, 0.3) is 10.2 Å². The predicted octanol–water partition coefficient (Wildman–Crippen LogP) is 4.98. The fraction of sp³-hybridized carbons (Fsp3) is 0.0667. The van der Waals surface area contributed by atoms with Crippen molar-refractivity contribution in [1.29, 1.82) is 5.26 Å². The number of hydrogen-bond acceptors (Lipinski definition) is 4. The SMILES string of the molecule is Cc1ccc2sc(Nc3ccc(C#N)cc3Br)nc2c1. The molecule has 5 heteroatoms. The number of thiazole rings is 1. The summed E-state index contributed by atoms with van der Waals surface area (Å²) in [6.07, 6.45) is 0. The molecular formula is C15H10BrN3S. The van der Waals surface area contributed by atoms with E-state index in [9.17, 15) is 0 Å². The number of nitrogens with zero attached hydrogens (tertiary/aromatic N) is 2. The highest BCUT2D eigenvalue weighted by Crippen LogP contribution is 2.32. The number of anilines is 2. The molecule has 0 unspecified atom stereocenters. The van der Waals surface area contributed by atoms with Crippen LogP contribution in [0, 0.1) is 18.3 Å². The van der Waals surface area contributed by atoms with E-state index in [1.54, 1.807) is 23.5 Å². The lowest BCUT2D eigenvalue weighted by Crippen LogP contribution is -1.90. The molecule has 1 aromatic heterocycles. The summed E-state index contributed by atoms with van der Waals surface area (Å²) in [6.45, 7) is 2.06. The zero-order valence-corrected chi connectivity index (χ0v) is 13.0. The van der Waals surface area contributed by atoms with Gasteiger partial charge in [0.1, 0.15) is 0 Å². The van der Waals surface area contributed by atoms with Crippen molar-refractivity contribution in [1.82, 2.24) is 4.98 Å². The molecule has 20 heavy (non-hydrogen) atoms. The minimum Gasteiger partial charge on any atom is -0.331 e. The maximum atomic E-state index is 8.86. The number of nitrogens with one attached hydrogen (secondary N) is 1. The zero-order valence-electron chi connectivity index (χ0n) is 10.6. The van der Waals surface area contributed by atoms with Crippen molar-refractivity contribution in [3.8, 4) is 6.07 Å². The number of hydrogen-bond donors (Lipinski definition) is 1. The molecule has 3 rings (SSSR count). The second-order valence-electron chi connectivity index (χ2n) is 4.42. The molecule has 0 aliphatic rings. The Morgan fingerprint density at radius 3 is 2.85 bits per heavy atom. The van der Waals surface area contributed by atoms with Crippen LogP contribution in [0.4, 0.5) is 10.8 Å². The van der Waals surface area contributed by atoms with Crippen LogP contribution < -0.4 is 5.32 Å². The minimum absolute atomic E-state index is 0.627. The molecule has 98 valence electrons. The molecule has 0 atom stereocenters. The molecule has 0 saturated carbocycles. The third-order valence-corrected chi connectivity index (χ3v) is 4.49. The van der Waals surface area contributed by atoms with Crippen LogP contribution in [-0.4, -0.2) is 4.98 Å². The van der Waals surface area contributed by atoms with Crippen LogP contribution in [0.1, 0.15) is 11.1 Å². The largest absolute Gasteiger partial charge is 0.331 e. The Kier molecular flexibility index (Phi) is 3.43. The van der Waals surface area contributed by atoms with Gasteiger partial charge in [-0.25, -0.2) is 4.98 Å². The average molecular weight is 344 g/mol. The second-order valence-corrected chi connectivity index (χ2v) is 6.31. The molecule has 3 aromatic rings. The zero-order chi connectivity index (χ0) is 14.1. The smallest absolute Gasteiger partial charge is 0.188 e. The Bertz CT molecular complexity index is 833. The fourth-order valence-corrected chi connectivity index (χ4v) is 3.23. The quantitative estimate of drug-likeness (QED) is 0.713. The van der Waals surface area contributed by atoms with Gasteiger partial charge in [0.15, 0.2) is 5.13 Å². The van der Waals surface area contributed by atoms with E-state index >= 15 is 0 Å². The van der Waals surface area contributed by atoms with E-state index < -0.39 is 0 Å². The molecule has 0 fully saturated rings. The Labute approximate surface area is 129 Å². The number of rotatable bonds is 2. The summed E-state index contributed by atoms with van der Waals surface area (Å²) in [5, 5.41) is 13.0. The molecule has 1 N–H and O–H groups in total. The number of aromatic nitrogens is 1. The predicted molar refractivity (Wildman–Crippen MR) is 86.5 cm³/mol. The minimum atomic E-state index is 0.627. The number of fused-ring (bicyclic) bond motifs is 1. The summed E-state index contributed by atoms with van der Waals surface area (Å²) < 4.78 is 2.01. The first-order valence-corrected chi connectivity index (χ1v) is 7.60. The van der Waals surface area contributed by atoms with E-state index in [-0.39, 0.29) is 0 Å². The van der Waals surface area contributed by atoms with Gasteiger partial charge >= 0.3 is 0 Å². The topological polar surface area (TPSA) is 48.7 Å². The highest BCUT2D eigenvalue weighted by Gasteiger charge is 2.07. The maximum Gasteiger partial charge on any atom is 0.188 e. The van der Waals surface area contributed by atoms with Gasteiger partial charge in [0.25, 0.3) is 0 Å². The monoisotopic (exact) mass is 343 g/mol. The van der Waals surface area contributed by atoms with E-state index in [1.165, 1.54) is 5.56 Å². The molecule has 0 bridgehead atoms. The van der Waals surface area contributed by atoms with Crippen molar-refractivity contribution < 1.29 is 0 Å². The van der Waals surface area contributed by atoms with Crippen molar-refractivity contribution in [2.45, 2.75) is 6.92 Å². The van der Waals surface area contributed by atoms with Gasteiger partial charge < -0.3 is 5.32 Å². The molecule has 2 aromatic carbocycles. The summed E-state index contributed by atoms with van der Waals surface area (Å²) in [4.78, 5) is 4.57. The molecule has 3 nitrogen and oxygen atoms in total. The van der Waals surface area contributed by atoms with Gasteiger partial charge in [-0.05, 0) is 58.7 Å². The van der Waals surface area contributed by atoms with E-state index in [4.69, 9.17) is 5.26 Å². The van der Waals surface area contributed by atoms with Crippen LogP contribution in [0.3, 0.4) is 0 Å². The lowest BCUT2D eigenvalue weighted by molar-refractivity contribution is 1.41. The maximum absolute atomic E-state index is 8.86. The fourth-order valence-electron chi connectivity index (χ4n) is 1.89. The normalized spacial score (nSPS) is 10.4. The lowest BCUT2D eigenvalue weighted by Gasteiger charge is -2.05. The number of benzene rings is 2. The summed E-state index contributed by atoms with van der Waals surface area (Å²) in [6, 6.07) is 13.8. The van der Waals surface area contributed by atoms with E-state index in [1.807, 2.05) is 6.07 Å². The van der Waals surface area contributed by atoms with Crippen LogP contribution in [0.2, 0.25) is 0 Å². The van der Waals surface area contributed by atoms with Gasteiger partial charge in [0.2, 0.25) is 0 Å². The first-order chi connectivity index (χ1) is 9.65. The van der Waals surface area contributed by atoms with Crippen LogP contribution in [0.5, 0.6) is 0 Å².